The molecule has 1 aliphatic rings. The Labute approximate surface area is 131 Å². The van der Waals surface area contributed by atoms with Gasteiger partial charge in [0.25, 0.3) is 5.91 Å². The molecule has 1 aromatic heterocycles. The summed E-state index contributed by atoms with van der Waals surface area (Å²) in [7, 11) is 0. The predicted octanol–water partition coefficient (Wildman–Crippen LogP) is 3.40. The lowest BCUT2D eigenvalue weighted by molar-refractivity contribution is 0.0368. The van der Waals surface area contributed by atoms with Crippen LogP contribution in [-0.2, 0) is 12.8 Å². The van der Waals surface area contributed by atoms with E-state index in [1.165, 1.54) is 10.4 Å². The van der Waals surface area contributed by atoms with Gasteiger partial charge in [0.2, 0.25) is 0 Å². The highest BCUT2D eigenvalue weighted by molar-refractivity contribution is 7.10. The first kappa shape index (κ1) is 16.5. The molecule has 3 nitrogen and oxygen atoms in total. The van der Waals surface area contributed by atoms with E-state index in [0.29, 0.717) is 18.9 Å². The summed E-state index contributed by atoms with van der Waals surface area (Å²) in [5.74, 6) is 1.09. The molecule has 2 atom stereocenters. The number of hydrogen-bond donors (Lipinski definition) is 2. The van der Waals surface area contributed by atoms with Crippen LogP contribution in [0.1, 0.15) is 61.3 Å². The Bertz CT molecular complexity index is 505. The zero-order valence-electron chi connectivity index (χ0n) is 13.5. The van der Waals surface area contributed by atoms with Crippen LogP contribution in [0.25, 0.3) is 0 Å². The van der Waals surface area contributed by atoms with Gasteiger partial charge in [-0.2, -0.15) is 0 Å². The Morgan fingerprint density at radius 2 is 2.29 bits per heavy atom. The zero-order valence-corrected chi connectivity index (χ0v) is 14.3. The summed E-state index contributed by atoms with van der Waals surface area (Å²) < 4.78 is 0. The van der Waals surface area contributed by atoms with Crippen molar-refractivity contribution in [2.24, 2.45) is 11.8 Å². The molecule has 21 heavy (non-hydrogen) atoms. The zero-order chi connectivity index (χ0) is 15.6. The summed E-state index contributed by atoms with van der Waals surface area (Å²) in [5.41, 5.74) is 1.22. The fourth-order valence-electron chi connectivity index (χ4n) is 3.19. The van der Waals surface area contributed by atoms with Gasteiger partial charge in [0.05, 0.1) is 11.2 Å². The third kappa shape index (κ3) is 4.30. The van der Waals surface area contributed by atoms with Gasteiger partial charge in [0.1, 0.15) is 0 Å². The summed E-state index contributed by atoms with van der Waals surface area (Å²) in [6.45, 7) is 8.52. The molecule has 0 bridgehead atoms. The van der Waals surface area contributed by atoms with Gasteiger partial charge in [-0.1, -0.05) is 20.8 Å². The van der Waals surface area contributed by atoms with Crippen LogP contribution >= 0.6 is 11.3 Å². The lowest BCUT2D eigenvalue weighted by Crippen LogP contribution is -2.41. The van der Waals surface area contributed by atoms with Gasteiger partial charge in [-0.05, 0) is 50.0 Å². The second kappa shape index (κ2) is 6.49. The molecule has 2 unspecified atom stereocenters. The Morgan fingerprint density at radius 1 is 1.57 bits per heavy atom. The minimum absolute atomic E-state index is 0.0360. The molecule has 0 saturated carbocycles. The molecule has 0 aromatic carbocycles. The van der Waals surface area contributed by atoms with Gasteiger partial charge >= 0.3 is 0 Å². The molecule has 1 aliphatic carbocycles. The van der Waals surface area contributed by atoms with Gasteiger partial charge < -0.3 is 10.4 Å². The monoisotopic (exact) mass is 309 g/mol. The van der Waals surface area contributed by atoms with E-state index in [2.05, 4.69) is 26.1 Å². The number of hydrogen-bond acceptors (Lipinski definition) is 3. The number of nitrogens with one attached hydrogen (secondary N) is 1. The van der Waals surface area contributed by atoms with E-state index in [1.807, 2.05) is 5.38 Å². The average Bonchev–Trinajstić information content (AvgIpc) is 2.77. The molecule has 1 aromatic rings. The van der Waals surface area contributed by atoms with E-state index in [9.17, 15) is 9.90 Å². The molecule has 1 amide bonds. The number of aliphatic hydroxyl groups is 1. The Morgan fingerprint density at radius 3 is 2.95 bits per heavy atom. The quantitative estimate of drug-likeness (QED) is 0.876. The van der Waals surface area contributed by atoms with Crippen molar-refractivity contribution in [1.29, 1.82) is 0 Å². The number of carbonyl (C=O) groups excluding carboxylic acids is 1. The lowest BCUT2D eigenvalue weighted by Gasteiger charge is -2.25. The third-order valence-corrected chi connectivity index (χ3v) is 5.18. The Hall–Kier alpha value is -0.870. The maximum absolute atomic E-state index is 12.4. The van der Waals surface area contributed by atoms with Crippen LogP contribution in [-0.4, -0.2) is 23.2 Å². The maximum atomic E-state index is 12.4. The number of amides is 1. The summed E-state index contributed by atoms with van der Waals surface area (Å²) >= 11 is 1.70. The standard InChI is InChI=1S/C17H27NO2S/c1-11(2)8-17(4,20)10-18-16(19)14-9-21-15-7-12(3)5-6-13(14)15/h9,11-12,20H,5-8,10H2,1-4H3,(H,18,19). The van der Waals surface area contributed by atoms with E-state index in [0.717, 1.165) is 30.7 Å². The van der Waals surface area contributed by atoms with Crippen molar-refractivity contribution in [3.63, 3.8) is 0 Å². The van der Waals surface area contributed by atoms with E-state index in [1.54, 1.807) is 18.3 Å². The van der Waals surface area contributed by atoms with Gasteiger partial charge in [-0.15, -0.1) is 11.3 Å². The van der Waals surface area contributed by atoms with Crippen LogP contribution in [0.2, 0.25) is 0 Å². The lowest BCUT2D eigenvalue weighted by atomic mass is 9.88. The van der Waals surface area contributed by atoms with Crippen LogP contribution < -0.4 is 5.32 Å². The highest BCUT2D eigenvalue weighted by Crippen LogP contribution is 2.32. The minimum atomic E-state index is -0.839. The first-order valence-corrected chi connectivity index (χ1v) is 8.76. The smallest absolute Gasteiger partial charge is 0.252 e. The van der Waals surface area contributed by atoms with E-state index in [-0.39, 0.29) is 5.91 Å². The van der Waals surface area contributed by atoms with Crippen LogP contribution in [0.4, 0.5) is 0 Å². The molecule has 0 fully saturated rings. The van der Waals surface area contributed by atoms with Gasteiger partial charge in [-0.25, -0.2) is 0 Å². The molecular formula is C17H27NO2S. The van der Waals surface area contributed by atoms with Gasteiger partial charge in [-0.3, -0.25) is 4.79 Å². The van der Waals surface area contributed by atoms with Crippen molar-refractivity contribution < 1.29 is 9.90 Å². The predicted molar refractivity (Wildman–Crippen MR) is 87.9 cm³/mol. The van der Waals surface area contributed by atoms with Crippen LogP contribution in [0, 0.1) is 11.8 Å². The molecule has 0 radical (unpaired) electrons. The van der Waals surface area contributed by atoms with Crippen molar-refractivity contribution >= 4 is 17.2 Å². The van der Waals surface area contributed by atoms with Crippen molar-refractivity contribution in [3.8, 4) is 0 Å². The fourth-order valence-corrected chi connectivity index (χ4v) is 4.43. The second-order valence-corrected chi connectivity index (χ2v) is 8.14. The van der Waals surface area contributed by atoms with Crippen molar-refractivity contribution in [1.82, 2.24) is 5.32 Å². The molecule has 0 aliphatic heterocycles. The summed E-state index contributed by atoms with van der Waals surface area (Å²) in [6, 6.07) is 0. The highest BCUT2D eigenvalue weighted by atomic mass is 32.1. The second-order valence-electron chi connectivity index (χ2n) is 7.18. The largest absolute Gasteiger partial charge is 0.388 e. The van der Waals surface area contributed by atoms with Crippen LogP contribution in [0.5, 0.6) is 0 Å². The molecule has 0 spiro atoms. The Balaban J connectivity index is 1.99. The van der Waals surface area contributed by atoms with Gasteiger partial charge in [0, 0.05) is 16.8 Å². The molecule has 4 heteroatoms. The summed E-state index contributed by atoms with van der Waals surface area (Å²) in [5, 5.41) is 15.2. The number of rotatable bonds is 5. The number of thiophene rings is 1. The number of carbonyl (C=O) groups is 1. The fraction of sp³-hybridized carbons (Fsp3) is 0.706. The first-order valence-electron chi connectivity index (χ1n) is 7.88. The Kier molecular flexibility index (Phi) is 5.10. The molecule has 2 rings (SSSR count). The maximum Gasteiger partial charge on any atom is 0.252 e. The number of fused-ring (bicyclic) bond motifs is 1. The SMILES string of the molecule is CC(C)CC(C)(O)CNC(=O)c1csc2c1CCC(C)C2. The minimum Gasteiger partial charge on any atom is -0.388 e. The van der Waals surface area contributed by atoms with E-state index < -0.39 is 5.60 Å². The molecule has 1 heterocycles. The highest BCUT2D eigenvalue weighted by Gasteiger charge is 2.26. The van der Waals surface area contributed by atoms with E-state index >= 15 is 0 Å². The third-order valence-electron chi connectivity index (χ3n) is 4.12. The normalized spacial score (nSPS) is 21.0. The average molecular weight is 309 g/mol. The summed E-state index contributed by atoms with van der Waals surface area (Å²) in [6.07, 6.45) is 3.95. The van der Waals surface area contributed by atoms with Crippen LogP contribution in [0.3, 0.4) is 0 Å². The molecule has 118 valence electrons. The van der Waals surface area contributed by atoms with Gasteiger partial charge in [0.15, 0.2) is 0 Å². The molecule has 2 N–H and O–H groups in total. The molecule has 0 saturated heterocycles. The summed E-state index contributed by atoms with van der Waals surface area (Å²) in [4.78, 5) is 13.7. The van der Waals surface area contributed by atoms with E-state index in [4.69, 9.17) is 0 Å². The first-order chi connectivity index (χ1) is 9.78. The van der Waals surface area contributed by atoms with Crippen molar-refractivity contribution in [3.05, 3.63) is 21.4 Å². The van der Waals surface area contributed by atoms with Crippen molar-refractivity contribution in [2.75, 3.05) is 6.54 Å². The topological polar surface area (TPSA) is 49.3 Å². The van der Waals surface area contributed by atoms with Crippen LogP contribution in [0.15, 0.2) is 5.38 Å². The van der Waals surface area contributed by atoms with Crippen molar-refractivity contribution in [2.45, 2.75) is 59.0 Å². The molecular weight excluding hydrogens is 282 g/mol.